The van der Waals surface area contributed by atoms with Gasteiger partial charge in [-0.05, 0) is 79.6 Å². The van der Waals surface area contributed by atoms with Crippen LogP contribution in [0.25, 0.3) is 27.8 Å². The second-order valence-corrected chi connectivity index (χ2v) is 9.91. The van der Waals surface area contributed by atoms with E-state index in [0.717, 1.165) is 61.4 Å². The standard InChI is InChI=1S/C29H31N7O2/c1-19-15-23(3-4-24(19)20-6-10-35(11-7-20)13-14-38-2)33-27-26-21(5-8-30-28(26)37)16-25(34-27)22-17-32-29-31-9-12-36(29)18-22/h3-5,8-9,12,15-18,20H,6-7,10-11,13-14H2,1-2H3,(H,30,37)(H,33,34). The molecule has 0 amide bonds. The van der Waals surface area contributed by atoms with E-state index in [0.29, 0.717) is 22.9 Å². The van der Waals surface area contributed by atoms with Gasteiger partial charge in [0.05, 0.1) is 17.7 Å². The van der Waals surface area contributed by atoms with Crippen LogP contribution in [0.1, 0.15) is 29.9 Å². The number of imidazole rings is 1. The fraction of sp³-hybridized carbons (Fsp3) is 0.310. The van der Waals surface area contributed by atoms with E-state index in [1.54, 1.807) is 25.7 Å². The number of hydrogen-bond donors (Lipinski definition) is 2. The summed E-state index contributed by atoms with van der Waals surface area (Å²) < 4.78 is 7.09. The summed E-state index contributed by atoms with van der Waals surface area (Å²) in [6, 6.07) is 10.3. The number of ether oxygens (including phenoxy) is 1. The number of benzene rings is 1. The van der Waals surface area contributed by atoms with Crippen molar-refractivity contribution in [1.29, 1.82) is 0 Å². The fourth-order valence-electron chi connectivity index (χ4n) is 5.44. The van der Waals surface area contributed by atoms with Crippen LogP contribution in [0.4, 0.5) is 11.5 Å². The molecule has 0 radical (unpaired) electrons. The minimum Gasteiger partial charge on any atom is -0.383 e. The number of nitrogens with zero attached hydrogens (tertiary/aromatic N) is 5. The number of hydrogen-bond acceptors (Lipinski definition) is 7. The lowest BCUT2D eigenvalue weighted by atomic mass is 9.86. The fourth-order valence-corrected chi connectivity index (χ4v) is 5.44. The van der Waals surface area contributed by atoms with Crippen LogP contribution in [-0.4, -0.2) is 62.6 Å². The Labute approximate surface area is 220 Å². The molecule has 6 rings (SSSR count). The largest absolute Gasteiger partial charge is 0.383 e. The van der Waals surface area contributed by atoms with Crippen LogP contribution in [0.15, 0.2) is 66.1 Å². The Balaban J connectivity index is 1.30. The third-order valence-electron chi connectivity index (χ3n) is 7.47. The van der Waals surface area contributed by atoms with E-state index in [-0.39, 0.29) is 5.56 Å². The molecule has 1 aliphatic rings. The van der Waals surface area contributed by atoms with E-state index < -0.39 is 0 Å². The lowest BCUT2D eigenvalue weighted by molar-refractivity contribution is 0.130. The highest BCUT2D eigenvalue weighted by molar-refractivity contribution is 5.95. The monoisotopic (exact) mass is 509 g/mol. The molecule has 0 atom stereocenters. The maximum Gasteiger partial charge on any atom is 0.259 e. The van der Waals surface area contributed by atoms with Gasteiger partial charge in [0.2, 0.25) is 5.78 Å². The summed E-state index contributed by atoms with van der Waals surface area (Å²) in [5.41, 5.74) is 4.92. The molecule has 5 aromatic rings. The number of H-pyrrole nitrogens is 1. The van der Waals surface area contributed by atoms with E-state index in [1.807, 2.05) is 28.9 Å². The molecule has 1 aliphatic heterocycles. The van der Waals surface area contributed by atoms with Crippen LogP contribution < -0.4 is 10.9 Å². The molecule has 1 fully saturated rings. The molecule has 38 heavy (non-hydrogen) atoms. The molecule has 2 N–H and O–H groups in total. The first-order valence-electron chi connectivity index (χ1n) is 13.0. The number of piperidine rings is 1. The molecule has 9 nitrogen and oxygen atoms in total. The first-order valence-corrected chi connectivity index (χ1v) is 13.0. The van der Waals surface area contributed by atoms with Crippen LogP contribution in [-0.2, 0) is 4.74 Å². The molecular weight excluding hydrogens is 478 g/mol. The van der Waals surface area contributed by atoms with Gasteiger partial charge in [-0.15, -0.1) is 0 Å². The second kappa shape index (κ2) is 10.4. The van der Waals surface area contributed by atoms with Gasteiger partial charge in [0.15, 0.2) is 0 Å². The first-order chi connectivity index (χ1) is 18.6. The summed E-state index contributed by atoms with van der Waals surface area (Å²) in [6.07, 6.45) is 11.2. The average molecular weight is 510 g/mol. The van der Waals surface area contributed by atoms with Gasteiger partial charge in [-0.2, -0.15) is 0 Å². The second-order valence-electron chi connectivity index (χ2n) is 9.91. The zero-order valence-corrected chi connectivity index (χ0v) is 21.6. The van der Waals surface area contributed by atoms with E-state index in [1.165, 1.54) is 11.1 Å². The van der Waals surface area contributed by atoms with Crippen LogP contribution >= 0.6 is 0 Å². The molecule has 0 spiro atoms. The summed E-state index contributed by atoms with van der Waals surface area (Å²) in [6.45, 7) is 6.14. The molecule has 1 aromatic carbocycles. The van der Waals surface area contributed by atoms with E-state index in [4.69, 9.17) is 9.72 Å². The van der Waals surface area contributed by atoms with Gasteiger partial charge in [0, 0.05) is 55.9 Å². The van der Waals surface area contributed by atoms with Gasteiger partial charge in [0.1, 0.15) is 5.82 Å². The highest BCUT2D eigenvalue weighted by atomic mass is 16.5. The lowest BCUT2D eigenvalue weighted by Gasteiger charge is -2.32. The minimum atomic E-state index is -0.180. The number of fused-ring (bicyclic) bond motifs is 2. The quantitative estimate of drug-likeness (QED) is 0.333. The highest BCUT2D eigenvalue weighted by Gasteiger charge is 2.22. The predicted molar refractivity (Wildman–Crippen MR) is 149 cm³/mol. The zero-order chi connectivity index (χ0) is 26.1. The number of anilines is 2. The Morgan fingerprint density at radius 2 is 2.03 bits per heavy atom. The van der Waals surface area contributed by atoms with Gasteiger partial charge in [-0.1, -0.05) is 6.07 Å². The van der Waals surface area contributed by atoms with Crippen molar-refractivity contribution in [2.24, 2.45) is 0 Å². The Kier molecular flexibility index (Phi) is 6.61. The highest BCUT2D eigenvalue weighted by Crippen LogP contribution is 2.33. The van der Waals surface area contributed by atoms with Crippen molar-refractivity contribution in [1.82, 2.24) is 29.2 Å². The number of likely N-dealkylation sites (tertiary alicyclic amines) is 1. The van der Waals surface area contributed by atoms with Gasteiger partial charge >= 0.3 is 0 Å². The number of methoxy groups -OCH3 is 1. The van der Waals surface area contributed by atoms with Crippen LogP contribution in [0.2, 0.25) is 0 Å². The Morgan fingerprint density at radius 1 is 1.16 bits per heavy atom. The summed E-state index contributed by atoms with van der Waals surface area (Å²) in [5.74, 6) is 1.70. The molecular formula is C29H31N7O2. The van der Waals surface area contributed by atoms with Crippen LogP contribution in [0.3, 0.4) is 0 Å². The van der Waals surface area contributed by atoms with Crippen molar-refractivity contribution in [3.05, 3.63) is 82.8 Å². The number of pyridine rings is 2. The van der Waals surface area contributed by atoms with Crippen molar-refractivity contribution in [2.45, 2.75) is 25.7 Å². The summed E-state index contributed by atoms with van der Waals surface area (Å²) in [5, 5.41) is 4.77. The SMILES string of the molecule is COCCN1CCC(c2ccc(Nc3nc(-c4cnc5nccn5c4)cc4cc[nH]c(=O)c34)cc2C)CC1. The maximum atomic E-state index is 12.8. The van der Waals surface area contributed by atoms with Gasteiger partial charge in [-0.3, -0.25) is 9.20 Å². The average Bonchev–Trinajstić information content (AvgIpc) is 3.40. The third-order valence-corrected chi connectivity index (χ3v) is 7.47. The lowest BCUT2D eigenvalue weighted by Crippen LogP contribution is -2.35. The van der Waals surface area contributed by atoms with Gasteiger partial charge < -0.3 is 19.9 Å². The van der Waals surface area contributed by atoms with Crippen molar-refractivity contribution in [2.75, 3.05) is 38.7 Å². The van der Waals surface area contributed by atoms with Crippen molar-refractivity contribution >= 4 is 28.1 Å². The van der Waals surface area contributed by atoms with E-state index in [9.17, 15) is 4.79 Å². The molecule has 0 unspecified atom stereocenters. The zero-order valence-electron chi connectivity index (χ0n) is 21.6. The molecule has 0 aliphatic carbocycles. The van der Waals surface area contributed by atoms with Crippen molar-refractivity contribution in [3.63, 3.8) is 0 Å². The topological polar surface area (TPSA) is 100 Å². The van der Waals surface area contributed by atoms with E-state index in [2.05, 4.69) is 50.3 Å². The summed E-state index contributed by atoms with van der Waals surface area (Å²) in [4.78, 5) is 31.6. The van der Waals surface area contributed by atoms with Gasteiger partial charge in [-0.25, -0.2) is 15.0 Å². The molecule has 0 saturated carbocycles. The molecule has 4 aromatic heterocycles. The Hall–Kier alpha value is -4.08. The van der Waals surface area contributed by atoms with Crippen LogP contribution in [0, 0.1) is 6.92 Å². The Bertz CT molecular complexity index is 1650. The molecule has 194 valence electrons. The molecule has 1 saturated heterocycles. The molecule has 9 heteroatoms. The molecule has 0 bridgehead atoms. The predicted octanol–water partition coefficient (Wildman–Crippen LogP) is 4.51. The number of nitrogens with one attached hydrogen (secondary N) is 2. The van der Waals surface area contributed by atoms with Crippen molar-refractivity contribution < 1.29 is 4.74 Å². The maximum absolute atomic E-state index is 12.8. The first kappa shape index (κ1) is 24.3. The number of aromatic amines is 1. The Morgan fingerprint density at radius 3 is 2.84 bits per heavy atom. The minimum absolute atomic E-state index is 0.180. The summed E-state index contributed by atoms with van der Waals surface area (Å²) >= 11 is 0. The number of rotatable bonds is 7. The summed E-state index contributed by atoms with van der Waals surface area (Å²) in [7, 11) is 1.76. The van der Waals surface area contributed by atoms with Crippen molar-refractivity contribution in [3.8, 4) is 11.3 Å². The number of aryl methyl sites for hydroxylation is 1. The molecule has 5 heterocycles. The third kappa shape index (κ3) is 4.78. The van der Waals surface area contributed by atoms with Gasteiger partial charge in [0.25, 0.3) is 5.56 Å². The smallest absolute Gasteiger partial charge is 0.259 e. The van der Waals surface area contributed by atoms with Crippen LogP contribution in [0.5, 0.6) is 0 Å². The van der Waals surface area contributed by atoms with E-state index >= 15 is 0 Å². The normalized spacial score (nSPS) is 14.9. The number of aromatic nitrogens is 5.